The van der Waals surface area contributed by atoms with Gasteiger partial charge in [0.25, 0.3) is 0 Å². The molecule has 0 aliphatic heterocycles. The van der Waals surface area contributed by atoms with Crippen LogP contribution in [-0.2, 0) is 29.0 Å². The third-order valence-electron chi connectivity index (χ3n) is 5.88. The van der Waals surface area contributed by atoms with Crippen LogP contribution in [0.2, 0.25) is 0 Å². The molecular formula is C28H32N2O2. The topological polar surface area (TPSA) is 49.4 Å². The minimum absolute atomic E-state index is 0.0562. The maximum atomic E-state index is 13.6. The van der Waals surface area contributed by atoms with Crippen molar-refractivity contribution in [2.24, 2.45) is 0 Å². The summed E-state index contributed by atoms with van der Waals surface area (Å²) in [5.41, 5.74) is 6.49. The van der Waals surface area contributed by atoms with E-state index in [4.69, 9.17) is 0 Å². The predicted molar refractivity (Wildman–Crippen MR) is 129 cm³/mol. The Balaban J connectivity index is 1.95. The average Bonchev–Trinajstić information content (AvgIpc) is 2.79. The molecule has 0 heterocycles. The van der Waals surface area contributed by atoms with E-state index in [1.165, 1.54) is 5.56 Å². The van der Waals surface area contributed by atoms with Gasteiger partial charge in [0.05, 0.1) is 6.42 Å². The first-order valence-electron chi connectivity index (χ1n) is 11.0. The first-order chi connectivity index (χ1) is 15.4. The van der Waals surface area contributed by atoms with Gasteiger partial charge >= 0.3 is 0 Å². The van der Waals surface area contributed by atoms with Crippen molar-refractivity contribution in [3.63, 3.8) is 0 Å². The van der Waals surface area contributed by atoms with E-state index in [-0.39, 0.29) is 18.2 Å². The molecule has 2 amide bonds. The summed E-state index contributed by atoms with van der Waals surface area (Å²) in [5, 5.41) is 2.77. The molecule has 1 N–H and O–H groups in total. The van der Waals surface area contributed by atoms with Gasteiger partial charge in [0.1, 0.15) is 6.04 Å². The van der Waals surface area contributed by atoms with Crippen LogP contribution < -0.4 is 5.32 Å². The zero-order valence-electron chi connectivity index (χ0n) is 19.4. The quantitative estimate of drug-likeness (QED) is 0.573. The number of aryl methyl sites for hydroxylation is 3. The van der Waals surface area contributed by atoms with Gasteiger partial charge in [-0.2, -0.15) is 0 Å². The molecule has 3 aromatic rings. The highest BCUT2D eigenvalue weighted by atomic mass is 16.2. The van der Waals surface area contributed by atoms with E-state index in [1.54, 1.807) is 11.9 Å². The highest BCUT2D eigenvalue weighted by molar-refractivity contribution is 5.88. The summed E-state index contributed by atoms with van der Waals surface area (Å²) >= 11 is 0. The molecule has 0 aliphatic carbocycles. The first kappa shape index (κ1) is 23.3. The summed E-state index contributed by atoms with van der Waals surface area (Å²) in [6.45, 7) is 6.53. The molecule has 166 valence electrons. The fourth-order valence-corrected chi connectivity index (χ4v) is 3.92. The summed E-state index contributed by atoms with van der Waals surface area (Å²) in [4.78, 5) is 28.3. The monoisotopic (exact) mass is 428 g/mol. The maximum Gasteiger partial charge on any atom is 0.242 e. The Morgan fingerprint density at radius 1 is 0.812 bits per heavy atom. The largest absolute Gasteiger partial charge is 0.357 e. The predicted octanol–water partition coefficient (Wildman–Crippen LogP) is 4.54. The lowest BCUT2D eigenvalue weighted by molar-refractivity contribution is -0.140. The lowest BCUT2D eigenvalue weighted by atomic mass is 10.00. The SMILES string of the molecule is CNC(=O)[C@@H](Cc1ccccc1)N(Cc1cccc(C)c1)C(=O)Cc1ccc(C)c(C)c1. The van der Waals surface area contributed by atoms with Crippen molar-refractivity contribution in [2.75, 3.05) is 7.05 Å². The number of likely N-dealkylation sites (N-methyl/N-ethyl adjacent to an activating group) is 1. The summed E-state index contributed by atoms with van der Waals surface area (Å²) in [7, 11) is 1.62. The van der Waals surface area contributed by atoms with E-state index in [1.807, 2.05) is 67.6 Å². The molecule has 0 spiro atoms. The van der Waals surface area contributed by atoms with Crippen LogP contribution in [0.4, 0.5) is 0 Å². The van der Waals surface area contributed by atoms with E-state index in [0.29, 0.717) is 13.0 Å². The molecule has 1 atom stereocenters. The lowest BCUT2D eigenvalue weighted by Crippen LogP contribution is -2.50. The molecule has 3 aromatic carbocycles. The van der Waals surface area contributed by atoms with Gasteiger partial charge in [0.15, 0.2) is 0 Å². The van der Waals surface area contributed by atoms with Gasteiger partial charge in [-0.15, -0.1) is 0 Å². The van der Waals surface area contributed by atoms with E-state index in [2.05, 4.69) is 31.3 Å². The Bertz CT molecular complexity index is 1080. The fourth-order valence-electron chi connectivity index (χ4n) is 3.92. The molecule has 32 heavy (non-hydrogen) atoms. The highest BCUT2D eigenvalue weighted by Crippen LogP contribution is 2.18. The molecule has 3 rings (SSSR count). The molecule has 0 aliphatic rings. The van der Waals surface area contributed by atoms with Crippen molar-refractivity contribution in [3.05, 3.63) is 106 Å². The minimum atomic E-state index is -0.595. The van der Waals surface area contributed by atoms with Gasteiger partial charge in [0, 0.05) is 20.0 Å². The van der Waals surface area contributed by atoms with E-state index >= 15 is 0 Å². The number of rotatable bonds is 8. The third-order valence-corrected chi connectivity index (χ3v) is 5.88. The highest BCUT2D eigenvalue weighted by Gasteiger charge is 2.29. The van der Waals surface area contributed by atoms with Crippen molar-refractivity contribution in [3.8, 4) is 0 Å². The smallest absolute Gasteiger partial charge is 0.242 e. The molecule has 0 bridgehead atoms. The Kier molecular flexibility index (Phi) is 7.82. The van der Waals surface area contributed by atoms with Crippen LogP contribution in [0.25, 0.3) is 0 Å². The Morgan fingerprint density at radius 3 is 2.19 bits per heavy atom. The second-order valence-corrected chi connectivity index (χ2v) is 8.43. The summed E-state index contributed by atoms with van der Waals surface area (Å²) < 4.78 is 0. The molecular weight excluding hydrogens is 396 g/mol. The number of nitrogens with one attached hydrogen (secondary N) is 1. The Morgan fingerprint density at radius 2 is 1.53 bits per heavy atom. The average molecular weight is 429 g/mol. The van der Waals surface area contributed by atoms with Crippen molar-refractivity contribution < 1.29 is 9.59 Å². The van der Waals surface area contributed by atoms with E-state index < -0.39 is 6.04 Å². The van der Waals surface area contributed by atoms with Crippen LogP contribution in [0, 0.1) is 20.8 Å². The number of hydrogen-bond donors (Lipinski definition) is 1. The zero-order chi connectivity index (χ0) is 23.1. The third kappa shape index (κ3) is 6.07. The van der Waals surface area contributed by atoms with Crippen molar-refractivity contribution in [1.82, 2.24) is 10.2 Å². The number of carbonyl (C=O) groups excluding carboxylic acids is 2. The van der Waals surface area contributed by atoms with E-state index in [0.717, 1.165) is 27.8 Å². The van der Waals surface area contributed by atoms with Crippen molar-refractivity contribution in [2.45, 2.75) is 46.2 Å². The van der Waals surface area contributed by atoms with Crippen LogP contribution in [0.15, 0.2) is 72.8 Å². The Hall–Kier alpha value is -3.40. The van der Waals surface area contributed by atoms with Crippen LogP contribution in [0.1, 0.15) is 33.4 Å². The fraction of sp³-hybridized carbons (Fsp3) is 0.286. The number of benzene rings is 3. The van der Waals surface area contributed by atoms with Gasteiger partial charge in [0.2, 0.25) is 11.8 Å². The van der Waals surface area contributed by atoms with Crippen LogP contribution >= 0.6 is 0 Å². The normalized spacial score (nSPS) is 11.6. The molecule has 0 radical (unpaired) electrons. The van der Waals surface area contributed by atoms with Crippen LogP contribution in [0.3, 0.4) is 0 Å². The zero-order valence-corrected chi connectivity index (χ0v) is 19.4. The molecule has 4 heteroatoms. The minimum Gasteiger partial charge on any atom is -0.357 e. The molecule has 0 saturated heterocycles. The second kappa shape index (κ2) is 10.8. The maximum absolute atomic E-state index is 13.6. The van der Waals surface area contributed by atoms with Gasteiger partial charge in [-0.3, -0.25) is 9.59 Å². The second-order valence-electron chi connectivity index (χ2n) is 8.43. The number of amides is 2. The number of carbonyl (C=O) groups is 2. The molecule has 0 saturated carbocycles. The molecule has 0 aromatic heterocycles. The van der Waals surface area contributed by atoms with Gasteiger partial charge in [-0.1, -0.05) is 78.4 Å². The summed E-state index contributed by atoms with van der Waals surface area (Å²) in [6.07, 6.45) is 0.722. The van der Waals surface area contributed by atoms with Crippen LogP contribution in [-0.4, -0.2) is 29.8 Å². The molecule has 0 unspecified atom stereocenters. The van der Waals surface area contributed by atoms with Crippen LogP contribution in [0.5, 0.6) is 0 Å². The molecule has 4 nitrogen and oxygen atoms in total. The summed E-state index contributed by atoms with van der Waals surface area (Å²) in [5.74, 6) is -0.214. The molecule has 0 fully saturated rings. The van der Waals surface area contributed by atoms with Gasteiger partial charge in [-0.05, 0) is 48.6 Å². The summed E-state index contributed by atoms with van der Waals surface area (Å²) in [6, 6.07) is 23.5. The van der Waals surface area contributed by atoms with Crippen molar-refractivity contribution >= 4 is 11.8 Å². The first-order valence-corrected chi connectivity index (χ1v) is 11.0. The van der Waals surface area contributed by atoms with Crippen molar-refractivity contribution in [1.29, 1.82) is 0 Å². The number of nitrogens with zero attached hydrogens (tertiary/aromatic N) is 1. The van der Waals surface area contributed by atoms with Gasteiger partial charge < -0.3 is 10.2 Å². The number of hydrogen-bond acceptors (Lipinski definition) is 2. The lowest BCUT2D eigenvalue weighted by Gasteiger charge is -2.31. The Labute approximate surface area is 191 Å². The van der Waals surface area contributed by atoms with Gasteiger partial charge in [-0.25, -0.2) is 0 Å². The van der Waals surface area contributed by atoms with E-state index in [9.17, 15) is 9.59 Å². The standard InChI is InChI=1S/C28H32N2O2/c1-20-9-8-12-25(15-20)19-30(27(31)18-24-14-13-21(2)22(3)16-24)26(28(32)29-4)17-23-10-6-5-7-11-23/h5-16,26H,17-19H2,1-4H3,(H,29,32)/t26-/m1/s1.